The number of hydrogen-bond acceptors (Lipinski definition) is 6. The van der Waals surface area contributed by atoms with Crippen molar-refractivity contribution in [3.05, 3.63) is 46.3 Å². The topological polar surface area (TPSA) is 116 Å². The highest BCUT2D eigenvalue weighted by Crippen LogP contribution is 2.21. The average molecular weight is 301 g/mol. The van der Waals surface area contributed by atoms with Crippen LogP contribution in [0.4, 0.5) is 5.95 Å². The molecule has 0 fully saturated rings. The third-order valence-electron chi connectivity index (χ3n) is 3.24. The minimum atomic E-state index is -0.475. The van der Waals surface area contributed by atoms with E-state index in [1.54, 1.807) is 6.92 Å². The number of carbonyl (C=O) groups is 1. The molecule has 7 heteroatoms. The zero-order valence-corrected chi connectivity index (χ0v) is 12.8. The predicted octanol–water partition coefficient (Wildman–Crippen LogP) is 1.17. The predicted molar refractivity (Wildman–Crippen MR) is 83.1 cm³/mol. The van der Waals surface area contributed by atoms with Gasteiger partial charge < -0.3 is 10.5 Å². The summed E-state index contributed by atoms with van der Waals surface area (Å²) in [6, 6.07) is 5.85. The Morgan fingerprint density at radius 1 is 1.27 bits per heavy atom. The lowest BCUT2D eigenvalue weighted by Crippen LogP contribution is -2.32. The standard InChI is InChI=1S/C15H19N5O2/c1-8-4-5-12(9(2)6-8)22-7-11-13(14(21)20-17)10(3)18-15(16)19-11/h4-6H,7,17H2,1-3H3,(H,20,21)(H2,16,18,19). The van der Waals surface area contributed by atoms with E-state index in [1.165, 1.54) is 0 Å². The van der Waals surface area contributed by atoms with Crippen molar-refractivity contribution in [3.8, 4) is 5.75 Å². The van der Waals surface area contributed by atoms with Crippen molar-refractivity contribution in [1.29, 1.82) is 0 Å². The molecule has 0 saturated heterocycles. The maximum absolute atomic E-state index is 11.9. The summed E-state index contributed by atoms with van der Waals surface area (Å²) in [5.41, 5.74) is 11.0. The van der Waals surface area contributed by atoms with Crippen LogP contribution in [0.1, 0.15) is 32.9 Å². The Labute approximate surface area is 128 Å². The van der Waals surface area contributed by atoms with E-state index in [4.69, 9.17) is 16.3 Å². The molecule has 0 saturated carbocycles. The lowest BCUT2D eigenvalue weighted by molar-refractivity contribution is 0.0949. The normalized spacial score (nSPS) is 10.4. The number of carbonyl (C=O) groups excluding carboxylic acids is 1. The molecule has 0 atom stereocenters. The Kier molecular flexibility index (Phi) is 4.57. The molecule has 5 N–H and O–H groups in total. The second-order valence-corrected chi connectivity index (χ2v) is 5.02. The van der Waals surface area contributed by atoms with Crippen LogP contribution < -0.4 is 21.7 Å². The molecular weight excluding hydrogens is 282 g/mol. The molecular formula is C15H19N5O2. The number of ether oxygens (including phenoxy) is 1. The van der Waals surface area contributed by atoms with E-state index < -0.39 is 5.91 Å². The number of nitrogens with one attached hydrogen (secondary N) is 1. The summed E-state index contributed by atoms with van der Waals surface area (Å²) in [4.78, 5) is 19.9. The van der Waals surface area contributed by atoms with Gasteiger partial charge >= 0.3 is 0 Å². The number of nitrogens with two attached hydrogens (primary N) is 2. The Hall–Kier alpha value is -2.67. The van der Waals surface area contributed by atoms with Gasteiger partial charge in [0.25, 0.3) is 5.91 Å². The van der Waals surface area contributed by atoms with Crippen LogP contribution in [-0.2, 0) is 6.61 Å². The van der Waals surface area contributed by atoms with Gasteiger partial charge in [0.05, 0.1) is 17.0 Å². The van der Waals surface area contributed by atoms with Gasteiger partial charge in [-0.1, -0.05) is 17.7 Å². The van der Waals surface area contributed by atoms with Crippen LogP contribution >= 0.6 is 0 Å². The molecule has 0 unspecified atom stereocenters. The van der Waals surface area contributed by atoms with E-state index in [2.05, 4.69) is 15.4 Å². The molecule has 0 aliphatic rings. The minimum Gasteiger partial charge on any atom is -0.487 e. The first-order valence-corrected chi connectivity index (χ1v) is 6.76. The average Bonchev–Trinajstić information content (AvgIpc) is 2.45. The molecule has 2 aromatic rings. The number of benzene rings is 1. The van der Waals surface area contributed by atoms with Crippen molar-refractivity contribution in [2.24, 2.45) is 5.84 Å². The fourth-order valence-corrected chi connectivity index (χ4v) is 2.24. The third kappa shape index (κ3) is 3.32. The Morgan fingerprint density at radius 3 is 2.64 bits per heavy atom. The third-order valence-corrected chi connectivity index (χ3v) is 3.24. The molecule has 116 valence electrons. The van der Waals surface area contributed by atoms with Gasteiger partial charge in [0.1, 0.15) is 12.4 Å². The Morgan fingerprint density at radius 2 is 2.00 bits per heavy atom. The van der Waals surface area contributed by atoms with Gasteiger partial charge in [0.15, 0.2) is 0 Å². The van der Waals surface area contributed by atoms with Crippen molar-refractivity contribution in [2.45, 2.75) is 27.4 Å². The van der Waals surface area contributed by atoms with Crippen molar-refractivity contribution in [2.75, 3.05) is 5.73 Å². The molecule has 0 bridgehead atoms. The summed E-state index contributed by atoms with van der Waals surface area (Å²) in [5.74, 6) is 5.54. The molecule has 2 rings (SSSR count). The quantitative estimate of drug-likeness (QED) is 0.443. The van der Waals surface area contributed by atoms with Crippen LogP contribution in [0, 0.1) is 20.8 Å². The van der Waals surface area contributed by atoms with Gasteiger partial charge in [0, 0.05) is 0 Å². The van der Waals surface area contributed by atoms with Gasteiger partial charge in [-0.3, -0.25) is 10.2 Å². The van der Waals surface area contributed by atoms with Crippen LogP contribution in [0.15, 0.2) is 18.2 Å². The smallest absolute Gasteiger partial charge is 0.269 e. The first-order chi connectivity index (χ1) is 10.4. The number of rotatable bonds is 4. The van der Waals surface area contributed by atoms with E-state index >= 15 is 0 Å². The molecule has 1 heterocycles. The lowest BCUT2D eigenvalue weighted by Gasteiger charge is -2.13. The fourth-order valence-electron chi connectivity index (χ4n) is 2.24. The number of anilines is 1. The number of aryl methyl sites for hydroxylation is 3. The molecule has 1 amide bonds. The molecule has 1 aromatic heterocycles. The number of aromatic nitrogens is 2. The van der Waals surface area contributed by atoms with E-state index in [-0.39, 0.29) is 18.1 Å². The number of nitrogen functional groups attached to an aromatic ring is 2. The summed E-state index contributed by atoms with van der Waals surface area (Å²) in [7, 11) is 0. The highest BCUT2D eigenvalue weighted by Gasteiger charge is 2.18. The van der Waals surface area contributed by atoms with Gasteiger partial charge in [-0.2, -0.15) is 0 Å². The second kappa shape index (κ2) is 6.40. The molecule has 0 aliphatic heterocycles. The fraction of sp³-hybridized carbons (Fsp3) is 0.267. The Bertz CT molecular complexity index is 715. The summed E-state index contributed by atoms with van der Waals surface area (Å²) in [6.07, 6.45) is 0. The molecule has 0 aliphatic carbocycles. The molecule has 22 heavy (non-hydrogen) atoms. The lowest BCUT2D eigenvalue weighted by atomic mass is 10.1. The maximum Gasteiger partial charge on any atom is 0.269 e. The van der Waals surface area contributed by atoms with Gasteiger partial charge in [-0.25, -0.2) is 15.8 Å². The number of nitrogens with zero attached hydrogens (tertiary/aromatic N) is 2. The van der Waals surface area contributed by atoms with Crippen molar-refractivity contribution in [3.63, 3.8) is 0 Å². The first kappa shape index (κ1) is 15.7. The Balaban J connectivity index is 2.30. The number of hydrazine groups is 1. The molecule has 7 nitrogen and oxygen atoms in total. The summed E-state index contributed by atoms with van der Waals surface area (Å²) in [6.45, 7) is 5.73. The molecule has 0 radical (unpaired) electrons. The summed E-state index contributed by atoms with van der Waals surface area (Å²) >= 11 is 0. The van der Waals surface area contributed by atoms with Gasteiger partial charge in [0.2, 0.25) is 5.95 Å². The van der Waals surface area contributed by atoms with Gasteiger partial charge in [-0.05, 0) is 32.4 Å². The highest BCUT2D eigenvalue weighted by molar-refractivity contribution is 5.95. The summed E-state index contributed by atoms with van der Waals surface area (Å²) < 4.78 is 5.76. The van der Waals surface area contributed by atoms with Crippen molar-refractivity contribution < 1.29 is 9.53 Å². The van der Waals surface area contributed by atoms with Crippen LogP contribution in [-0.4, -0.2) is 15.9 Å². The zero-order valence-electron chi connectivity index (χ0n) is 12.8. The van der Waals surface area contributed by atoms with E-state index in [1.807, 2.05) is 32.0 Å². The largest absolute Gasteiger partial charge is 0.487 e. The molecule has 1 aromatic carbocycles. The maximum atomic E-state index is 11.9. The first-order valence-electron chi connectivity index (χ1n) is 6.76. The molecule has 0 spiro atoms. The van der Waals surface area contributed by atoms with Crippen LogP contribution in [0.25, 0.3) is 0 Å². The van der Waals surface area contributed by atoms with Gasteiger partial charge in [-0.15, -0.1) is 0 Å². The highest BCUT2D eigenvalue weighted by atomic mass is 16.5. The van der Waals surface area contributed by atoms with E-state index in [0.29, 0.717) is 11.4 Å². The zero-order chi connectivity index (χ0) is 16.3. The second-order valence-electron chi connectivity index (χ2n) is 5.02. The number of amides is 1. The van der Waals surface area contributed by atoms with E-state index in [9.17, 15) is 4.79 Å². The monoisotopic (exact) mass is 301 g/mol. The van der Waals surface area contributed by atoms with Crippen LogP contribution in [0.2, 0.25) is 0 Å². The van der Waals surface area contributed by atoms with Crippen LogP contribution in [0.3, 0.4) is 0 Å². The SMILES string of the molecule is Cc1ccc(OCc2nc(N)nc(C)c2C(=O)NN)c(C)c1. The number of hydrogen-bond donors (Lipinski definition) is 3. The minimum absolute atomic E-state index is 0.0882. The van der Waals surface area contributed by atoms with Crippen molar-refractivity contribution in [1.82, 2.24) is 15.4 Å². The summed E-state index contributed by atoms with van der Waals surface area (Å²) in [5, 5.41) is 0. The van der Waals surface area contributed by atoms with E-state index in [0.717, 1.165) is 16.9 Å². The van der Waals surface area contributed by atoms with Crippen LogP contribution in [0.5, 0.6) is 5.75 Å². The van der Waals surface area contributed by atoms with Crippen molar-refractivity contribution >= 4 is 11.9 Å².